The van der Waals surface area contributed by atoms with E-state index in [9.17, 15) is 9.59 Å². The highest BCUT2D eigenvalue weighted by Crippen LogP contribution is 2.25. The molecule has 1 amide bonds. The number of carbonyl (C=O) groups excluding carboxylic acids is 1. The van der Waals surface area contributed by atoms with Crippen molar-refractivity contribution in [2.24, 2.45) is 0 Å². The van der Waals surface area contributed by atoms with E-state index in [4.69, 9.17) is 4.98 Å². The number of fused-ring (bicyclic) bond motifs is 1. The van der Waals surface area contributed by atoms with E-state index in [0.29, 0.717) is 31.0 Å². The minimum atomic E-state index is -0.291. The van der Waals surface area contributed by atoms with Gasteiger partial charge in [-0.2, -0.15) is 0 Å². The summed E-state index contributed by atoms with van der Waals surface area (Å²) in [5, 5.41) is 8.32. The van der Waals surface area contributed by atoms with Crippen LogP contribution in [0.2, 0.25) is 0 Å². The average Bonchev–Trinajstić information content (AvgIpc) is 3.26. The number of amides is 1. The first-order chi connectivity index (χ1) is 16.9. The number of benzene rings is 2. The first-order valence-electron chi connectivity index (χ1n) is 12.1. The maximum Gasteiger partial charge on any atom is 0.281 e. The van der Waals surface area contributed by atoms with Crippen molar-refractivity contribution in [3.05, 3.63) is 86.5 Å². The van der Waals surface area contributed by atoms with E-state index in [1.54, 1.807) is 4.68 Å². The van der Waals surface area contributed by atoms with E-state index in [-0.39, 0.29) is 22.9 Å². The third kappa shape index (κ3) is 4.87. The van der Waals surface area contributed by atoms with Gasteiger partial charge in [0.1, 0.15) is 5.82 Å². The maximum atomic E-state index is 13.0. The molecule has 2 aromatic heterocycles. The Balaban J connectivity index is 1.38. The molecule has 1 N–H and O–H groups in total. The SMILES string of the molecule is Cc1ccc(CC(=O)N2CCC[C@H](c3nc4c(nnn4Cc4cc(C)ccc4C)c(=O)[nH]3)C2)cc1. The predicted octanol–water partition coefficient (Wildman–Crippen LogP) is 3.44. The first-order valence-corrected chi connectivity index (χ1v) is 12.1. The van der Waals surface area contributed by atoms with Crippen LogP contribution in [0.25, 0.3) is 11.2 Å². The van der Waals surface area contributed by atoms with Crippen LogP contribution in [0.5, 0.6) is 0 Å². The van der Waals surface area contributed by atoms with Gasteiger partial charge in [0.25, 0.3) is 5.56 Å². The number of piperidine rings is 1. The van der Waals surface area contributed by atoms with E-state index in [1.807, 2.05) is 36.1 Å². The number of hydrogen-bond donors (Lipinski definition) is 1. The van der Waals surface area contributed by atoms with Crippen LogP contribution >= 0.6 is 0 Å². The molecule has 0 radical (unpaired) electrons. The molecule has 8 nitrogen and oxygen atoms in total. The Bertz CT molecular complexity index is 1440. The summed E-state index contributed by atoms with van der Waals surface area (Å²) in [4.78, 5) is 35.4. The van der Waals surface area contributed by atoms with E-state index in [2.05, 4.69) is 47.3 Å². The second kappa shape index (κ2) is 9.44. The summed E-state index contributed by atoms with van der Waals surface area (Å²) in [7, 11) is 0. The Kier molecular flexibility index (Phi) is 6.19. The van der Waals surface area contributed by atoms with Crippen molar-refractivity contribution in [2.75, 3.05) is 13.1 Å². The second-order valence-corrected chi connectivity index (χ2v) is 9.64. The molecule has 35 heavy (non-hydrogen) atoms. The molecule has 2 aromatic carbocycles. The molecule has 0 saturated carbocycles. The normalized spacial score (nSPS) is 16.1. The molecule has 0 bridgehead atoms. The number of H-pyrrole nitrogens is 1. The van der Waals surface area contributed by atoms with Crippen LogP contribution in [0.1, 0.15) is 52.4 Å². The van der Waals surface area contributed by atoms with Crippen molar-refractivity contribution in [1.29, 1.82) is 0 Å². The number of nitrogens with one attached hydrogen (secondary N) is 1. The molecular weight excluding hydrogens is 440 g/mol. The van der Waals surface area contributed by atoms with Gasteiger partial charge >= 0.3 is 0 Å². The van der Waals surface area contributed by atoms with Crippen LogP contribution in [0, 0.1) is 20.8 Å². The fourth-order valence-corrected chi connectivity index (χ4v) is 4.73. The molecule has 1 atom stereocenters. The van der Waals surface area contributed by atoms with Gasteiger partial charge in [-0.15, -0.1) is 5.10 Å². The van der Waals surface area contributed by atoms with Crippen LogP contribution in [0.4, 0.5) is 0 Å². The molecule has 1 saturated heterocycles. The van der Waals surface area contributed by atoms with E-state index >= 15 is 0 Å². The Morgan fingerprint density at radius 1 is 1.09 bits per heavy atom. The van der Waals surface area contributed by atoms with Crippen molar-refractivity contribution >= 4 is 17.1 Å². The van der Waals surface area contributed by atoms with Gasteiger partial charge in [-0.3, -0.25) is 9.59 Å². The molecule has 3 heterocycles. The third-order valence-electron chi connectivity index (χ3n) is 6.85. The third-order valence-corrected chi connectivity index (χ3v) is 6.85. The zero-order chi connectivity index (χ0) is 24.5. The largest absolute Gasteiger partial charge is 0.342 e. The van der Waals surface area contributed by atoms with Gasteiger partial charge in [0.05, 0.1) is 13.0 Å². The molecular formula is C27H30N6O2. The van der Waals surface area contributed by atoms with E-state index < -0.39 is 0 Å². The highest BCUT2D eigenvalue weighted by atomic mass is 16.2. The van der Waals surface area contributed by atoms with Crippen molar-refractivity contribution in [3.63, 3.8) is 0 Å². The molecule has 0 unspecified atom stereocenters. The molecule has 1 fully saturated rings. The molecule has 1 aliphatic rings. The number of aromatic nitrogens is 5. The van der Waals surface area contributed by atoms with Gasteiger partial charge < -0.3 is 9.88 Å². The number of hydrogen-bond acceptors (Lipinski definition) is 5. The maximum absolute atomic E-state index is 13.0. The minimum absolute atomic E-state index is 0.0353. The summed E-state index contributed by atoms with van der Waals surface area (Å²) < 4.78 is 1.69. The van der Waals surface area contributed by atoms with Crippen molar-refractivity contribution < 1.29 is 4.79 Å². The van der Waals surface area contributed by atoms with Gasteiger partial charge in [0.15, 0.2) is 11.2 Å². The summed E-state index contributed by atoms with van der Waals surface area (Å²) in [6.45, 7) is 7.90. The molecule has 180 valence electrons. The van der Waals surface area contributed by atoms with E-state index in [0.717, 1.165) is 36.1 Å². The number of nitrogens with zero attached hydrogens (tertiary/aromatic N) is 5. The Labute approximate surface area is 204 Å². The fraction of sp³-hybridized carbons (Fsp3) is 0.370. The van der Waals surface area contributed by atoms with Crippen molar-refractivity contribution in [1.82, 2.24) is 29.9 Å². The minimum Gasteiger partial charge on any atom is -0.342 e. The van der Waals surface area contributed by atoms with Crippen molar-refractivity contribution in [3.8, 4) is 0 Å². The predicted molar refractivity (Wildman–Crippen MR) is 134 cm³/mol. The number of carbonyl (C=O) groups is 1. The lowest BCUT2D eigenvalue weighted by atomic mass is 9.96. The zero-order valence-electron chi connectivity index (χ0n) is 20.4. The highest BCUT2D eigenvalue weighted by Gasteiger charge is 2.27. The molecule has 1 aliphatic heterocycles. The Hall–Kier alpha value is -3.81. The molecule has 0 aliphatic carbocycles. The van der Waals surface area contributed by atoms with Crippen LogP contribution in [0.3, 0.4) is 0 Å². The zero-order valence-corrected chi connectivity index (χ0v) is 20.4. The van der Waals surface area contributed by atoms with Crippen molar-refractivity contribution in [2.45, 2.75) is 52.5 Å². The molecule has 5 rings (SSSR count). The van der Waals surface area contributed by atoms with Crippen LogP contribution in [-0.2, 0) is 17.8 Å². The summed E-state index contributed by atoms with van der Waals surface area (Å²) >= 11 is 0. The highest BCUT2D eigenvalue weighted by molar-refractivity contribution is 5.79. The number of aryl methyl sites for hydroxylation is 3. The quantitative estimate of drug-likeness (QED) is 0.482. The lowest BCUT2D eigenvalue weighted by molar-refractivity contribution is -0.131. The average molecular weight is 471 g/mol. The lowest BCUT2D eigenvalue weighted by Gasteiger charge is -2.32. The summed E-state index contributed by atoms with van der Waals surface area (Å²) in [5.74, 6) is 0.662. The standard InChI is InChI=1S/C27H30N6O2/c1-17-7-10-20(11-8-17)14-23(34)32-12-4-5-21(15-32)25-28-26-24(27(35)29-25)30-31-33(26)16-22-13-18(2)6-9-19(22)3/h6-11,13,21H,4-5,12,14-16H2,1-3H3,(H,28,29,35)/t21-/m0/s1. The molecule has 8 heteroatoms. The summed E-state index contributed by atoms with van der Waals surface area (Å²) in [6.07, 6.45) is 2.11. The van der Waals surface area contributed by atoms with Gasteiger partial charge in [-0.25, -0.2) is 9.67 Å². The topological polar surface area (TPSA) is 96.8 Å². The molecule has 0 spiro atoms. The van der Waals surface area contributed by atoms with Gasteiger partial charge in [0, 0.05) is 19.0 Å². The van der Waals surface area contributed by atoms with Crippen LogP contribution < -0.4 is 5.56 Å². The van der Waals surface area contributed by atoms with Gasteiger partial charge in [-0.1, -0.05) is 58.8 Å². The van der Waals surface area contributed by atoms with Gasteiger partial charge in [0.2, 0.25) is 5.91 Å². The summed E-state index contributed by atoms with van der Waals surface area (Å²) in [5.41, 5.74) is 6.05. The lowest BCUT2D eigenvalue weighted by Crippen LogP contribution is -2.40. The van der Waals surface area contributed by atoms with Crippen LogP contribution in [0.15, 0.2) is 47.3 Å². The monoisotopic (exact) mass is 470 g/mol. The Morgan fingerprint density at radius 3 is 2.66 bits per heavy atom. The number of rotatable bonds is 5. The first kappa shape index (κ1) is 23.0. The van der Waals surface area contributed by atoms with Gasteiger partial charge in [-0.05, 0) is 50.3 Å². The number of aromatic amines is 1. The smallest absolute Gasteiger partial charge is 0.281 e. The fourth-order valence-electron chi connectivity index (χ4n) is 4.73. The summed E-state index contributed by atoms with van der Waals surface area (Å²) in [6, 6.07) is 14.4. The number of likely N-dealkylation sites (tertiary alicyclic amines) is 1. The van der Waals surface area contributed by atoms with Crippen LogP contribution in [-0.4, -0.2) is 48.9 Å². The Morgan fingerprint density at radius 2 is 1.86 bits per heavy atom. The van der Waals surface area contributed by atoms with E-state index in [1.165, 1.54) is 11.1 Å². The second-order valence-electron chi connectivity index (χ2n) is 9.64. The molecule has 4 aromatic rings.